The molecule has 0 radical (unpaired) electrons. The standard InChI is InChI=1S/C22H26N4O4S/c1-14-8-6-7-9-16(14)21-24-25-22(26(21)2)31-13-20(27)23-12-15-10-18(29-4)19(30-5)11-17(15)28-3/h6-11H,12-13H2,1-5H3,(H,23,27). The molecule has 0 saturated heterocycles. The largest absolute Gasteiger partial charge is 0.496 e. The number of nitrogens with zero attached hydrogens (tertiary/aromatic N) is 3. The van der Waals surface area contributed by atoms with Gasteiger partial charge >= 0.3 is 0 Å². The number of aromatic nitrogens is 3. The van der Waals surface area contributed by atoms with Crippen LogP contribution >= 0.6 is 11.8 Å². The first-order valence-corrected chi connectivity index (χ1v) is 10.6. The molecule has 3 aromatic rings. The number of hydrogen-bond donors (Lipinski definition) is 1. The number of aryl methyl sites for hydroxylation is 1. The number of rotatable bonds is 9. The van der Waals surface area contributed by atoms with Gasteiger partial charge in [-0.15, -0.1) is 10.2 Å². The molecule has 1 N–H and O–H groups in total. The number of methoxy groups -OCH3 is 3. The molecule has 3 rings (SSSR count). The van der Waals surface area contributed by atoms with Crippen molar-refractivity contribution in [2.45, 2.75) is 18.6 Å². The van der Waals surface area contributed by atoms with E-state index in [1.54, 1.807) is 33.5 Å². The van der Waals surface area contributed by atoms with Crippen LogP contribution in [0.25, 0.3) is 11.4 Å². The molecule has 1 amide bonds. The highest BCUT2D eigenvalue weighted by Crippen LogP contribution is 2.34. The average Bonchev–Trinajstić information content (AvgIpc) is 3.15. The van der Waals surface area contributed by atoms with Crippen LogP contribution < -0.4 is 19.5 Å². The van der Waals surface area contributed by atoms with Crippen LogP contribution in [0.1, 0.15) is 11.1 Å². The van der Waals surface area contributed by atoms with Crippen LogP contribution in [-0.4, -0.2) is 47.8 Å². The van der Waals surface area contributed by atoms with E-state index in [-0.39, 0.29) is 11.7 Å². The molecule has 0 aliphatic carbocycles. The van der Waals surface area contributed by atoms with Crippen molar-refractivity contribution < 1.29 is 19.0 Å². The number of nitrogens with one attached hydrogen (secondary N) is 1. The van der Waals surface area contributed by atoms with Gasteiger partial charge in [-0.05, 0) is 18.6 Å². The Hall–Kier alpha value is -3.20. The van der Waals surface area contributed by atoms with Crippen molar-refractivity contribution >= 4 is 17.7 Å². The smallest absolute Gasteiger partial charge is 0.230 e. The maximum Gasteiger partial charge on any atom is 0.230 e. The number of hydrogen-bond acceptors (Lipinski definition) is 7. The van der Waals surface area contributed by atoms with E-state index in [1.807, 2.05) is 42.8 Å². The predicted molar refractivity (Wildman–Crippen MR) is 120 cm³/mol. The quantitative estimate of drug-likeness (QED) is 0.509. The zero-order chi connectivity index (χ0) is 22.4. The first-order chi connectivity index (χ1) is 15.0. The molecule has 31 heavy (non-hydrogen) atoms. The van der Waals surface area contributed by atoms with E-state index in [1.165, 1.54) is 11.8 Å². The summed E-state index contributed by atoms with van der Waals surface area (Å²) in [4.78, 5) is 12.4. The Morgan fingerprint density at radius 3 is 2.39 bits per heavy atom. The lowest BCUT2D eigenvalue weighted by Gasteiger charge is -2.14. The number of carbonyl (C=O) groups is 1. The van der Waals surface area contributed by atoms with Gasteiger partial charge in [-0.3, -0.25) is 4.79 Å². The van der Waals surface area contributed by atoms with E-state index in [2.05, 4.69) is 15.5 Å². The van der Waals surface area contributed by atoms with Gasteiger partial charge in [-0.2, -0.15) is 0 Å². The fraction of sp³-hybridized carbons (Fsp3) is 0.318. The molecule has 0 aliphatic heterocycles. The molecular formula is C22H26N4O4S. The Morgan fingerprint density at radius 1 is 1.03 bits per heavy atom. The highest BCUT2D eigenvalue weighted by Gasteiger charge is 2.15. The second kappa shape index (κ2) is 10.2. The third-order valence-corrected chi connectivity index (χ3v) is 5.84. The van der Waals surface area contributed by atoms with Gasteiger partial charge in [-0.1, -0.05) is 36.0 Å². The summed E-state index contributed by atoms with van der Waals surface area (Å²) in [6, 6.07) is 11.5. The van der Waals surface area contributed by atoms with Gasteiger partial charge in [0, 0.05) is 30.8 Å². The van der Waals surface area contributed by atoms with Crippen molar-refractivity contribution in [2.24, 2.45) is 7.05 Å². The fourth-order valence-electron chi connectivity index (χ4n) is 3.10. The molecule has 0 aliphatic rings. The van der Waals surface area contributed by atoms with Gasteiger partial charge in [-0.25, -0.2) is 0 Å². The van der Waals surface area contributed by atoms with Gasteiger partial charge in [0.05, 0.1) is 27.1 Å². The topological polar surface area (TPSA) is 87.5 Å². The Labute approximate surface area is 185 Å². The number of carbonyl (C=O) groups excluding carboxylic acids is 1. The molecule has 0 bridgehead atoms. The van der Waals surface area contributed by atoms with Crippen LogP contribution in [0.5, 0.6) is 17.2 Å². The minimum atomic E-state index is -0.123. The molecule has 9 heteroatoms. The molecule has 0 atom stereocenters. The molecule has 0 fully saturated rings. The zero-order valence-electron chi connectivity index (χ0n) is 18.3. The monoisotopic (exact) mass is 442 g/mol. The highest BCUT2D eigenvalue weighted by molar-refractivity contribution is 7.99. The summed E-state index contributed by atoms with van der Waals surface area (Å²) in [5, 5.41) is 12.1. The minimum Gasteiger partial charge on any atom is -0.496 e. The summed E-state index contributed by atoms with van der Waals surface area (Å²) >= 11 is 1.34. The van der Waals surface area contributed by atoms with Crippen molar-refractivity contribution in [1.29, 1.82) is 0 Å². The van der Waals surface area contributed by atoms with Gasteiger partial charge in [0.2, 0.25) is 5.91 Å². The third kappa shape index (κ3) is 5.11. The van der Waals surface area contributed by atoms with Crippen LogP contribution in [0, 0.1) is 6.92 Å². The van der Waals surface area contributed by atoms with E-state index < -0.39 is 0 Å². The molecular weight excluding hydrogens is 416 g/mol. The Kier molecular flexibility index (Phi) is 7.41. The van der Waals surface area contributed by atoms with E-state index >= 15 is 0 Å². The maximum absolute atomic E-state index is 12.4. The first kappa shape index (κ1) is 22.5. The van der Waals surface area contributed by atoms with Crippen LogP contribution in [0.2, 0.25) is 0 Å². The first-order valence-electron chi connectivity index (χ1n) is 9.62. The lowest BCUT2D eigenvalue weighted by molar-refractivity contribution is -0.118. The van der Waals surface area contributed by atoms with Crippen LogP contribution in [-0.2, 0) is 18.4 Å². The molecule has 0 saturated carbocycles. The molecule has 8 nitrogen and oxygen atoms in total. The van der Waals surface area contributed by atoms with Crippen LogP contribution in [0.15, 0.2) is 41.6 Å². The maximum atomic E-state index is 12.4. The summed E-state index contributed by atoms with van der Waals surface area (Å²) in [6.45, 7) is 2.34. The number of amides is 1. The normalized spacial score (nSPS) is 10.6. The summed E-state index contributed by atoms with van der Waals surface area (Å²) in [5.74, 6) is 2.62. The van der Waals surface area contributed by atoms with Gasteiger partial charge in [0.25, 0.3) is 0 Å². The van der Waals surface area contributed by atoms with E-state index in [4.69, 9.17) is 14.2 Å². The van der Waals surface area contributed by atoms with E-state index in [0.29, 0.717) is 28.9 Å². The van der Waals surface area contributed by atoms with Crippen molar-refractivity contribution in [3.8, 4) is 28.6 Å². The lowest BCUT2D eigenvalue weighted by Crippen LogP contribution is -2.25. The van der Waals surface area contributed by atoms with Crippen molar-refractivity contribution in [3.05, 3.63) is 47.5 Å². The van der Waals surface area contributed by atoms with Crippen molar-refractivity contribution in [3.63, 3.8) is 0 Å². The molecule has 1 aromatic heterocycles. The average molecular weight is 443 g/mol. The molecule has 0 unspecified atom stereocenters. The van der Waals surface area contributed by atoms with Gasteiger partial charge in [0.15, 0.2) is 22.5 Å². The van der Waals surface area contributed by atoms with Gasteiger partial charge < -0.3 is 24.1 Å². The van der Waals surface area contributed by atoms with E-state index in [9.17, 15) is 4.79 Å². The Balaban J connectivity index is 1.62. The zero-order valence-corrected chi connectivity index (χ0v) is 19.1. The van der Waals surface area contributed by atoms with Crippen LogP contribution in [0.4, 0.5) is 0 Å². The number of thioether (sulfide) groups is 1. The van der Waals surface area contributed by atoms with E-state index in [0.717, 1.165) is 22.5 Å². The lowest BCUT2D eigenvalue weighted by atomic mass is 10.1. The summed E-state index contributed by atoms with van der Waals surface area (Å²) in [5.41, 5.74) is 2.93. The molecule has 2 aromatic carbocycles. The number of ether oxygens (including phenoxy) is 3. The Morgan fingerprint density at radius 2 is 1.71 bits per heavy atom. The number of benzene rings is 2. The van der Waals surface area contributed by atoms with Crippen molar-refractivity contribution in [2.75, 3.05) is 27.1 Å². The van der Waals surface area contributed by atoms with Gasteiger partial charge in [0.1, 0.15) is 5.75 Å². The minimum absolute atomic E-state index is 0.123. The molecule has 164 valence electrons. The predicted octanol–water partition coefficient (Wildman–Crippen LogP) is 3.22. The van der Waals surface area contributed by atoms with Crippen molar-refractivity contribution in [1.82, 2.24) is 20.1 Å². The molecule has 1 heterocycles. The molecule has 0 spiro atoms. The Bertz CT molecular complexity index is 1070. The second-order valence-corrected chi connectivity index (χ2v) is 7.71. The second-order valence-electron chi connectivity index (χ2n) is 6.76. The summed E-state index contributed by atoms with van der Waals surface area (Å²) in [7, 11) is 6.60. The summed E-state index contributed by atoms with van der Waals surface area (Å²) < 4.78 is 17.9. The fourth-order valence-corrected chi connectivity index (χ4v) is 3.85. The van der Waals surface area contributed by atoms with Crippen LogP contribution in [0.3, 0.4) is 0 Å². The summed E-state index contributed by atoms with van der Waals surface area (Å²) in [6.07, 6.45) is 0. The SMILES string of the molecule is COc1cc(OC)c(OC)cc1CNC(=O)CSc1nnc(-c2ccccc2C)n1C. The third-order valence-electron chi connectivity index (χ3n) is 4.82. The highest BCUT2D eigenvalue weighted by atomic mass is 32.2.